The molecule has 58 valence electrons. The first kappa shape index (κ1) is 9.41. The maximum absolute atomic E-state index is 7.32. The average Bonchev–Trinajstić information content (AvgIpc) is 1.91. The van der Waals surface area contributed by atoms with Gasteiger partial charge in [-0.15, -0.1) is 0 Å². The third kappa shape index (κ3) is 5.54. The molecule has 1 rings (SSSR count). The first-order chi connectivity index (χ1) is 4.81. The number of nitrogens with zero attached hydrogens (tertiary/aromatic N) is 1. The SMILES string of the molecule is CC#N.C[NH+]1CCOCC1. The second-order valence-electron chi connectivity index (χ2n) is 2.29. The summed E-state index contributed by atoms with van der Waals surface area (Å²) >= 11 is 0. The summed E-state index contributed by atoms with van der Waals surface area (Å²) in [4.78, 5) is 1.59. The monoisotopic (exact) mass is 143 g/mol. The Morgan fingerprint density at radius 2 is 1.80 bits per heavy atom. The minimum Gasteiger partial charge on any atom is -0.370 e. The van der Waals surface area contributed by atoms with Crippen LogP contribution >= 0.6 is 0 Å². The van der Waals surface area contributed by atoms with Crippen molar-refractivity contribution < 1.29 is 9.64 Å². The molecular weight excluding hydrogens is 128 g/mol. The molecule has 0 unspecified atom stereocenters. The van der Waals surface area contributed by atoms with E-state index in [1.54, 1.807) is 11.0 Å². The van der Waals surface area contributed by atoms with Gasteiger partial charge in [0.25, 0.3) is 0 Å². The van der Waals surface area contributed by atoms with E-state index in [-0.39, 0.29) is 0 Å². The van der Waals surface area contributed by atoms with Crippen molar-refractivity contribution in [3.63, 3.8) is 0 Å². The summed E-state index contributed by atoms with van der Waals surface area (Å²) < 4.78 is 5.12. The van der Waals surface area contributed by atoms with Crippen LogP contribution in [0.2, 0.25) is 0 Å². The van der Waals surface area contributed by atoms with Crippen LogP contribution in [0.4, 0.5) is 0 Å². The van der Waals surface area contributed by atoms with Gasteiger partial charge in [0.15, 0.2) is 0 Å². The van der Waals surface area contributed by atoms with Gasteiger partial charge in [0.05, 0.1) is 26.3 Å². The van der Waals surface area contributed by atoms with Crippen molar-refractivity contribution in [2.24, 2.45) is 0 Å². The van der Waals surface area contributed by atoms with Crippen LogP contribution in [0.5, 0.6) is 0 Å². The van der Waals surface area contributed by atoms with Crippen molar-refractivity contribution in [1.82, 2.24) is 0 Å². The minimum absolute atomic E-state index is 0.950. The molecule has 0 aromatic heterocycles. The number of morpholine rings is 1. The molecule has 10 heavy (non-hydrogen) atoms. The number of hydrogen-bond acceptors (Lipinski definition) is 2. The van der Waals surface area contributed by atoms with E-state index in [9.17, 15) is 0 Å². The topological polar surface area (TPSA) is 37.5 Å². The van der Waals surface area contributed by atoms with Crippen molar-refractivity contribution in [2.45, 2.75) is 6.92 Å². The van der Waals surface area contributed by atoms with Crippen molar-refractivity contribution in [3.8, 4) is 6.07 Å². The standard InChI is InChI=1S/C5H11NO.C2H3N/c1-6-2-4-7-5-3-6;1-2-3/h2-5H2,1H3;1H3/p+1. The summed E-state index contributed by atoms with van der Waals surface area (Å²) in [5, 5.41) is 7.32. The molecule has 1 saturated heterocycles. The molecule has 0 saturated carbocycles. The molecule has 0 aromatic rings. The number of ether oxygens (including phenoxy) is 1. The molecule has 3 nitrogen and oxygen atoms in total. The molecule has 1 fully saturated rings. The Kier molecular flexibility index (Phi) is 6.14. The van der Waals surface area contributed by atoms with Crippen LogP contribution in [0.3, 0.4) is 0 Å². The van der Waals surface area contributed by atoms with Crippen LogP contribution < -0.4 is 4.90 Å². The number of nitrogens with one attached hydrogen (secondary N) is 1. The zero-order chi connectivity index (χ0) is 7.82. The molecule has 0 aliphatic carbocycles. The number of likely N-dealkylation sites (N-methyl/N-ethyl adjacent to an activating group) is 1. The zero-order valence-corrected chi connectivity index (χ0v) is 6.68. The Morgan fingerprint density at radius 1 is 1.40 bits per heavy atom. The van der Waals surface area contributed by atoms with Crippen LogP contribution in [0, 0.1) is 11.3 Å². The number of hydrogen-bond donors (Lipinski definition) is 1. The van der Waals surface area contributed by atoms with E-state index in [1.807, 2.05) is 0 Å². The molecule has 0 amide bonds. The molecule has 0 spiro atoms. The predicted molar refractivity (Wildman–Crippen MR) is 38.7 cm³/mol. The van der Waals surface area contributed by atoms with E-state index in [2.05, 4.69) is 7.05 Å². The molecular formula is C7H15N2O+. The lowest BCUT2D eigenvalue weighted by molar-refractivity contribution is -0.888. The van der Waals surface area contributed by atoms with Gasteiger partial charge in [0, 0.05) is 6.92 Å². The maximum Gasteiger partial charge on any atom is 0.101 e. The summed E-state index contributed by atoms with van der Waals surface area (Å²) in [6, 6.07) is 1.75. The van der Waals surface area contributed by atoms with Gasteiger partial charge in [-0.3, -0.25) is 0 Å². The van der Waals surface area contributed by atoms with E-state index in [0.29, 0.717) is 0 Å². The summed E-state index contributed by atoms with van der Waals surface area (Å²) in [5.41, 5.74) is 0. The Labute approximate surface area is 62.2 Å². The fourth-order valence-corrected chi connectivity index (χ4v) is 0.720. The van der Waals surface area contributed by atoms with Crippen LogP contribution in [-0.2, 0) is 4.74 Å². The Hall–Kier alpha value is -0.590. The van der Waals surface area contributed by atoms with Crippen LogP contribution in [0.15, 0.2) is 0 Å². The summed E-state index contributed by atoms with van der Waals surface area (Å²) in [6.07, 6.45) is 0. The molecule has 1 aliphatic rings. The van der Waals surface area contributed by atoms with Gasteiger partial charge in [-0.1, -0.05) is 0 Å². The lowest BCUT2D eigenvalue weighted by atomic mass is 10.5. The van der Waals surface area contributed by atoms with Crippen molar-refractivity contribution in [3.05, 3.63) is 0 Å². The number of quaternary nitrogens is 1. The largest absolute Gasteiger partial charge is 0.370 e. The second kappa shape index (κ2) is 6.53. The summed E-state index contributed by atoms with van der Waals surface area (Å²) in [7, 11) is 2.20. The molecule has 1 N–H and O–H groups in total. The normalized spacial score (nSPS) is 18.5. The molecule has 1 heterocycles. The fraction of sp³-hybridized carbons (Fsp3) is 0.857. The lowest BCUT2D eigenvalue weighted by Gasteiger charge is -2.18. The van der Waals surface area contributed by atoms with Gasteiger partial charge in [-0.2, -0.15) is 5.26 Å². The highest BCUT2D eigenvalue weighted by Gasteiger charge is 2.05. The number of rotatable bonds is 0. The summed E-state index contributed by atoms with van der Waals surface area (Å²) in [5.74, 6) is 0. The Balaban J connectivity index is 0.000000236. The highest BCUT2D eigenvalue weighted by Crippen LogP contribution is 1.71. The zero-order valence-electron chi connectivity index (χ0n) is 6.68. The first-order valence-corrected chi connectivity index (χ1v) is 3.51. The van der Waals surface area contributed by atoms with E-state index < -0.39 is 0 Å². The van der Waals surface area contributed by atoms with Crippen molar-refractivity contribution >= 4 is 0 Å². The maximum atomic E-state index is 7.32. The quantitative estimate of drug-likeness (QED) is 0.475. The van der Waals surface area contributed by atoms with Gasteiger partial charge in [-0.05, 0) is 0 Å². The Morgan fingerprint density at radius 3 is 2.00 bits per heavy atom. The highest BCUT2D eigenvalue weighted by molar-refractivity contribution is 4.51. The average molecular weight is 143 g/mol. The van der Waals surface area contributed by atoms with E-state index in [1.165, 1.54) is 20.0 Å². The molecule has 0 radical (unpaired) electrons. The van der Waals surface area contributed by atoms with Crippen LogP contribution in [-0.4, -0.2) is 33.4 Å². The first-order valence-electron chi connectivity index (χ1n) is 3.51. The van der Waals surface area contributed by atoms with E-state index >= 15 is 0 Å². The molecule has 0 atom stereocenters. The Bertz CT molecular complexity index is 103. The predicted octanol–water partition coefficient (Wildman–Crippen LogP) is -0.939. The molecule has 0 bridgehead atoms. The van der Waals surface area contributed by atoms with Crippen LogP contribution in [0.1, 0.15) is 6.92 Å². The van der Waals surface area contributed by atoms with Gasteiger partial charge < -0.3 is 9.64 Å². The van der Waals surface area contributed by atoms with Gasteiger partial charge >= 0.3 is 0 Å². The molecule has 0 aromatic carbocycles. The number of nitriles is 1. The minimum atomic E-state index is 0.950. The highest BCUT2D eigenvalue weighted by atomic mass is 16.5. The van der Waals surface area contributed by atoms with E-state index in [0.717, 1.165) is 13.2 Å². The summed E-state index contributed by atoms with van der Waals surface area (Å²) in [6.45, 7) is 5.69. The van der Waals surface area contributed by atoms with Crippen LogP contribution in [0.25, 0.3) is 0 Å². The van der Waals surface area contributed by atoms with Gasteiger partial charge in [-0.25, -0.2) is 0 Å². The molecule has 1 aliphatic heterocycles. The third-order valence-corrected chi connectivity index (χ3v) is 1.35. The van der Waals surface area contributed by atoms with Gasteiger partial charge in [0.2, 0.25) is 0 Å². The van der Waals surface area contributed by atoms with Crippen molar-refractivity contribution in [2.75, 3.05) is 33.4 Å². The lowest BCUT2D eigenvalue weighted by Crippen LogP contribution is -3.11. The second-order valence-corrected chi connectivity index (χ2v) is 2.29. The smallest absolute Gasteiger partial charge is 0.101 e. The van der Waals surface area contributed by atoms with E-state index in [4.69, 9.17) is 10.00 Å². The third-order valence-electron chi connectivity index (χ3n) is 1.35. The van der Waals surface area contributed by atoms with Gasteiger partial charge in [0.1, 0.15) is 13.1 Å². The molecule has 3 heteroatoms. The fourth-order valence-electron chi connectivity index (χ4n) is 0.720. The van der Waals surface area contributed by atoms with Crippen molar-refractivity contribution in [1.29, 1.82) is 5.26 Å².